The number of likely N-dealkylation sites (N-methyl/N-ethyl adjacent to an activating group) is 1. The molecule has 0 saturated heterocycles. The number of hydrogen-bond donors (Lipinski definition) is 3. The fraction of sp³-hybridized carbons (Fsp3) is 0.654. The molecule has 1 aliphatic rings. The molecule has 10 nitrogen and oxygen atoms in total. The van der Waals surface area contributed by atoms with E-state index in [0.717, 1.165) is 13.0 Å². The number of nitrogens with zero attached hydrogens (tertiary/aromatic N) is 3. The van der Waals surface area contributed by atoms with Crippen molar-refractivity contribution >= 4 is 23.5 Å². The second-order valence-electron chi connectivity index (χ2n) is 10.3. The third-order valence-corrected chi connectivity index (χ3v) is 6.17. The van der Waals surface area contributed by atoms with Gasteiger partial charge in [-0.3, -0.25) is 9.59 Å². The molecule has 0 aliphatic carbocycles. The van der Waals surface area contributed by atoms with Crippen molar-refractivity contribution in [2.75, 3.05) is 52.7 Å². The highest BCUT2D eigenvalue weighted by atomic mass is 16.5. The summed E-state index contributed by atoms with van der Waals surface area (Å²) in [6.07, 6.45) is 0.711. The molecule has 3 atom stereocenters. The van der Waals surface area contributed by atoms with Crippen LogP contribution in [0.1, 0.15) is 50.9 Å². The number of aliphatic hydroxyl groups is 1. The normalized spacial score (nSPS) is 18.7. The third-order valence-electron chi connectivity index (χ3n) is 6.17. The van der Waals surface area contributed by atoms with E-state index in [2.05, 4.69) is 10.6 Å². The number of carbonyl (C=O) groups excluding carboxylic acids is 3. The van der Waals surface area contributed by atoms with Crippen LogP contribution in [0.2, 0.25) is 0 Å². The zero-order chi connectivity index (χ0) is 27.0. The fourth-order valence-corrected chi connectivity index (χ4v) is 4.01. The number of carbonyl (C=O) groups is 3. The monoisotopic (exact) mass is 505 g/mol. The van der Waals surface area contributed by atoms with Crippen LogP contribution in [0.5, 0.6) is 5.75 Å². The SMILES string of the molecule is CC(C)NC(=O)N(C)C[C@@H]1Oc2ccc(NC(=O)CCCN(C)C)cc2C(=O)N([C@H](C)CO)C[C@H]1C. The first kappa shape index (κ1) is 29.4. The zero-order valence-corrected chi connectivity index (χ0v) is 22.7. The summed E-state index contributed by atoms with van der Waals surface area (Å²) >= 11 is 0. The summed E-state index contributed by atoms with van der Waals surface area (Å²) in [4.78, 5) is 43.6. The molecule has 0 radical (unpaired) electrons. The van der Waals surface area contributed by atoms with E-state index in [9.17, 15) is 19.5 Å². The lowest BCUT2D eigenvalue weighted by atomic mass is 9.99. The summed E-state index contributed by atoms with van der Waals surface area (Å²) < 4.78 is 6.31. The van der Waals surface area contributed by atoms with Gasteiger partial charge in [0, 0.05) is 37.7 Å². The van der Waals surface area contributed by atoms with Gasteiger partial charge >= 0.3 is 6.03 Å². The molecule has 1 heterocycles. The Labute approximate surface area is 214 Å². The van der Waals surface area contributed by atoms with Gasteiger partial charge < -0.3 is 35.2 Å². The molecule has 1 aromatic rings. The first-order valence-corrected chi connectivity index (χ1v) is 12.6. The van der Waals surface area contributed by atoms with Crippen LogP contribution < -0.4 is 15.4 Å². The van der Waals surface area contributed by atoms with E-state index >= 15 is 0 Å². The fourth-order valence-electron chi connectivity index (χ4n) is 4.01. The minimum Gasteiger partial charge on any atom is -0.487 e. The average molecular weight is 506 g/mol. The smallest absolute Gasteiger partial charge is 0.317 e. The Morgan fingerprint density at radius 2 is 1.92 bits per heavy atom. The van der Waals surface area contributed by atoms with Gasteiger partial charge in [0.05, 0.1) is 24.8 Å². The third kappa shape index (κ3) is 8.37. The van der Waals surface area contributed by atoms with Crippen molar-refractivity contribution in [3.05, 3.63) is 23.8 Å². The van der Waals surface area contributed by atoms with Crippen LogP contribution in [-0.4, -0.2) is 103 Å². The number of nitrogens with one attached hydrogen (secondary N) is 2. The molecular formula is C26H43N5O5. The predicted octanol–water partition coefficient (Wildman–Crippen LogP) is 2.24. The summed E-state index contributed by atoms with van der Waals surface area (Å²) in [7, 11) is 5.63. The highest BCUT2D eigenvalue weighted by Gasteiger charge is 2.34. The lowest BCUT2D eigenvalue weighted by Crippen LogP contribution is -2.51. The molecular weight excluding hydrogens is 462 g/mol. The van der Waals surface area contributed by atoms with Crippen molar-refractivity contribution in [3.63, 3.8) is 0 Å². The molecule has 36 heavy (non-hydrogen) atoms. The summed E-state index contributed by atoms with van der Waals surface area (Å²) in [6, 6.07) is 4.43. The molecule has 0 unspecified atom stereocenters. The van der Waals surface area contributed by atoms with Crippen molar-refractivity contribution in [1.29, 1.82) is 0 Å². The molecule has 2 rings (SSSR count). The average Bonchev–Trinajstić information content (AvgIpc) is 2.80. The molecule has 0 spiro atoms. The molecule has 3 N–H and O–H groups in total. The molecule has 4 amide bonds. The molecule has 1 aromatic carbocycles. The Morgan fingerprint density at radius 1 is 1.22 bits per heavy atom. The van der Waals surface area contributed by atoms with Crippen molar-refractivity contribution in [1.82, 2.24) is 20.0 Å². The van der Waals surface area contributed by atoms with E-state index in [1.54, 1.807) is 42.0 Å². The van der Waals surface area contributed by atoms with Crippen LogP contribution in [0.3, 0.4) is 0 Å². The Balaban J connectivity index is 2.31. The molecule has 0 bridgehead atoms. The number of fused-ring (bicyclic) bond motifs is 1. The number of ether oxygens (including phenoxy) is 1. The van der Waals surface area contributed by atoms with Crippen LogP contribution in [0, 0.1) is 5.92 Å². The van der Waals surface area contributed by atoms with Crippen molar-refractivity contribution in [3.8, 4) is 5.75 Å². The number of amides is 4. The standard InChI is InChI=1S/C26H43N5O5/c1-17(2)27-26(35)30(7)15-23-18(3)14-31(19(4)16-32)25(34)21-13-20(10-11-22(21)36-23)28-24(33)9-8-12-29(5)6/h10-11,13,17-19,23,32H,8-9,12,14-16H2,1-7H3,(H,27,35)(H,28,33)/t18-,19-,23+/m1/s1. The van der Waals surface area contributed by atoms with Gasteiger partial charge in [0.1, 0.15) is 11.9 Å². The van der Waals surface area contributed by atoms with E-state index < -0.39 is 6.04 Å². The van der Waals surface area contributed by atoms with Gasteiger partial charge in [0.15, 0.2) is 0 Å². The number of anilines is 1. The molecule has 0 fully saturated rings. The van der Waals surface area contributed by atoms with E-state index in [4.69, 9.17) is 4.74 Å². The van der Waals surface area contributed by atoms with E-state index in [0.29, 0.717) is 36.5 Å². The largest absolute Gasteiger partial charge is 0.487 e. The number of hydrogen-bond acceptors (Lipinski definition) is 6. The van der Waals surface area contributed by atoms with Crippen molar-refractivity contribution in [2.45, 2.75) is 58.7 Å². The number of urea groups is 1. The second kappa shape index (κ2) is 13.5. The Hall–Kier alpha value is -2.85. The van der Waals surface area contributed by atoms with Gasteiger partial charge in [-0.05, 0) is 66.0 Å². The minimum atomic E-state index is -0.405. The Morgan fingerprint density at radius 3 is 2.53 bits per heavy atom. The second-order valence-corrected chi connectivity index (χ2v) is 10.3. The zero-order valence-electron chi connectivity index (χ0n) is 22.7. The highest BCUT2D eigenvalue weighted by molar-refractivity contribution is 5.99. The van der Waals surface area contributed by atoms with E-state index in [1.165, 1.54) is 0 Å². The molecule has 1 aliphatic heterocycles. The van der Waals surface area contributed by atoms with Crippen LogP contribution >= 0.6 is 0 Å². The van der Waals surface area contributed by atoms with Gasteiger partial charge in [-0.25, -0.2) is 4.79 Å². The first-order chi connectivity index (χ1) is 16.9. The molecule has 0 saturated carbocycles. The topological polar surface area (TPSA) is 114 Å². The van der Waals surface area contributed by atoms with Gasteiger partial charge in [-0.2, -0.15) is 0 Å². The Kier molecular flexibility index (Phi) is 11.0. The lowest BCUT2D eigenvalue weighted by molar-refractivity contribution is -0.116. The Bertz CT molecular complexity index is 907. The minimum absolute atomic E-state index is 0.00591. The summed E-state index contributed by atoms with van der Waals surface area (Å²) in [6.45, 7) is 8.85. The number of benzene rings is 1. The predicted molar refractivity (Wildman–Crippen MR) is 140 cm³/mol. The highest BCUT2D eigenvalue weighted by Crippen LogP contribution is 2.30. The maximum Gasteiger partial charge on any atom is 0.317 e. The maximum atomic E-state index is 13.5. The van der Waals surface area contributed by atoms with E-state index in [-0.39, 0.29) is 42.5 Å². The van der Waals surface area contributed by atoms with Crippen LogP contribution in [0.25, 0.3) is 0 Å². The summed E-state index contributed by atoms with van der Waals surface area (Å²) in [5, 5.41) is 15.6. The van der Waals surface area contributed by atoms with Gasteiger partial charge in [0.2, 0.25) is 5.91 Å². The lowest BCUT2D eigenvalue weighted by Gasteiger charge is -2.38. The van der Waals surface area contributed by atoms with E-state index in [1.807, 2.05) is 39.8 Å². The molecule has 0 aromatic heterocycles. The van der Waals surface area contributed by atoms with Crippen LogP contribution in [0.15, 0.2) is 18.2 Å². The van der Waals surface area contributed by atoms with Gasteiger partial charge in [0.25, 0.3) is 5.91 Å². The van der Waals surface area contributed by atoms with Crippen LogP contribution in [-0.2, 0) is 4.79 Å². The summed E-state index contributed by atoms with van der Waals surface area (Å²) in [5.41, 5.74) is 0.823. The number of rotatable bonds is 10. The molecule has 10 heteroatoms. The number of aliphatic hydroxyl groups excluding tert-OH is 1. The molecule has 202 valence electrons. The van der Waals surface area contributed by atoms with Crippen molar-refractivity contribution < 1.29 is 24.2 Å². The maximum absolute atomic E-state index is 13.5. The van der Waals surface area contributed by atoms with Gasteiger partial charge in [-0.15, -0.1) is 0 Å². The van der Waals surface area contributed by atoms with Gasteiger partial charge in [-0.1, -0.05) is 6.92 Å². The van der Waals surface area contributed by atoms with Crippen molar-refractivity contribution in [2.24, 2.45) is 5.92 Å². The quantitative estimate of drug-likeness (QED) is 0.449. The summed E-state index contributed by atoms with van der Waals surface area (Å²) in [5.74, 6) is -0.121. The first-order valence-electron chi connectivity index (χ1n) is 12.6. The van der Waals surface area contributed by atoms with Crippen LogP contribution in [0.4, 0.5) is 10.5 Å².